The van der Waals surface area contributed by atoms with Crippen molar-refractivity contribution in [1.82, 2.24) is 4.57 Å². The maximum absolute atomic E-state index is 13.9. The van der Waals surface area contributed by atoms with E-state index in [0.29, 0.717) is 22.6 Å². The Morgan fingerprint density at radius 3 is 2.23 bits per heavy atom. The third-order valence-electron chi connectivity index (χ3n) is 8.38. The first kappa shape index (κ1) is 30.1. The van der Waals surface area contributed by atoms with Crippen molar-refractivity contribution >= 4 is 50.1 Å². The van der Waals surface area contributed by atoms with Gasteiger partial charge in [0.15, 0.2) is 11.6 Å². The van der Waals surface area contributed by atoms with Crippen LogP contribution in [0.2, 0.25) is 0 Å². The summed E-state index contributed by atoms with van der Waals surface area (Å²) in [6.07, 6.45) is 4.56. The van der Waals surface area contributed by atoms with Crippen LogP contribution < -0.4 is 0 Å². The molecule has 0 N–H and O–H groups in total. The number of carbonyl (C=O) groups excluding carboxylic acids is 3. The summed E-state index contributed by atoms with van der Waals surface area (Å²) in [5, 5.41) is 3.58. The molecule has 5 nitrogen and oxygen atoms in total. The molecular formula is C37H38FNO4. The van der Waals surface area contributed by atoms with E-state index in [-0.39, 0.29) is 37.0 Å². The number of esters is 1. The van der Waals surface area contributed by atoms with Crippen LogP contribution in [0.3, 0.4) is 0 Å². The van der Waals surface area contributed by atoms with Crippen molar-refractivity contribution < 1.29 is 23.5 Å². The fraction of sp³-hybridized carbons (Fsp3) is 0.324. The van der Waals surface area contributed by atoms with Gasteiger partial charge < -0.3 is 9.30 Å². The Bertz CT molecular complexity index is 1800. The summed E-state index contributed by atoms with van der Waals surface area (Å²) >= 11 is 0. The fourth-order valence-corrected chi connectivity index (χ4v) is 6.04. The number of hydrogen-bond donors (Lipinski definition) is 0. The molecule has 0 amide bonds. The molecule has 1 unspecified atom stereocenters. The van der Waals surface area contributed by atoms with Crippen molar-refractivity contribution in [1.29, 1.82) is 0 Å². The van der Waals surface area contributed by atoms with Gasteiger partial charge in [0.2, 0.25) is 0 Å². The second-order valence-corrected chi connectivity index (χ2v) is 11.2. The van der Waals surface area contributed by atoms with Crippen LogP contribution in [0, 0.1) is 11.7 Å². The van der Waals surface area contributed by atoms with Crippen LogP contribution in [0.5, 0.6) is 0 Å². The maximum Gasteiger partial charge on any atom is 0.306 e. The van der Waals surface area contributed by atoms with Gasteiger partial charge in [-0.15, -0.1) is 0 Å². The highest BCUT2D eigenvalue weighted by Crippen LogP contribution is 2.38. The molecule has 0 fully saturated rings. The standard InChI is InChI=1S/C37H38FNO4/c1-4-7-10-24(5-2)23-39-33-18-15-26(34(40)19-20-35(41)43-6-3)21-30(33)31-22-32(28-11-8-9-12-29(28)36(31)39)37(42)25-13-16-27(38)17-14-25/h8-9,11-18,21-22,24H,4-7,10,19-20,23H2,1-3H3. The summed E-state index contributed by atoms with van der Waals surface area (Å²) in [5.41, 5.74) is 3.50. The maximum atomic E-state index is 13.9. The van der Waals surface area contributed by atoms with Gasteiger partial charge in [-0.3, -0.25) is 14.4 Å². The number of nitrogens with zero attached hydrogens (tertiary/aromatic N) is 1. The fourth-order valence-electron chi connectivity index (χ4n) is 6.04. The topological polar surface area (TPSA) is 65.4 Å². The number of rotatable bonds is 13. The summed E-state index contributed by atoms with van der Waals surface area (Å²) in [6.45, 7) is 7.28. The van der Waals surface area contributed by atoms with Crippen LogP contribution in [0.15, 0.2) is 72.8 Å². The number of ketones is 2. The number of ether oxygens (including phenoxy) is 1. The molecule has 0 saturated heterocycles. The van der Waals surface area contributed by atoms with E-state index >= 15 is 0 Å². The monoisotopic (exact) mass is 579 g/mol. The van der Waals surface area contributed by atoms with Gasteiger partial charge in [0.05, 0.1) is 18.5 Å². The predicted octanol–water partition coefficient (Wildman–Crippen LogP) is 9.06. The van der Waals surface area contributed by atoms with Crippen molar-refractivity contribution in [3.63, 3.8) is 0 Å². The van der Waals surface area contributed by atoms with Crippen molar-refractivity contribution in [2.45, 2.75) is 65.8 Å². The number of fused-ring (bicyclic) bond motifs is 5. The van der Waals surface area contributed by atoms with E-state index in [0.717, 1.165) is 64.8 Å². The zero-order valence-corrected chi connectivity index (χ0v) is 25.1. The van der Waals surface area contributed by atoms with Gasteiger partial charge >= 0.3 is 5.97 Å². The molecule has 0 spiro atoms. The summed E-state index contributed by atoms with van der Waals surface area (Å²) in [6, 6.07) is 21.2. The van der Waals surface area contributed by atoms with Gasteiger partial charge in [0.1, 0.15) is 5.82 Å². The van der Waals surface area contributed by atoms with Gasteiger partial charge in [-0.2, -0.15) is 0 Å². The molecule has 222 valence electrons. The van der Waals surface area contributed by atoms with Crippen LogP contribution in [-0.2, 0) is 16.1 Å². The summed E-state index contributed by atoms with van der Waals surface area (Å²) in [4.78, 5) is 38.9. The molecule has 0 bridgehead atoms. The van der Waals surface area contributed by atoms with Crippen LogP contribution in [0.25, 0.3) is 32.6 Å². The lowest BCUT2D eigenvalue weighted by Crippen LogP contribution is -2.11. The molecule has 6 heteroatoms. The lowest BCUT2D eigenvalue weighted by molar-refractivity contribution is -0.143. The Kier molecular flexibility index (Phi) is 9.34. The van der Waals surface area contributed by atoms with Crippen LogP contribution in [0.1, 0.15) is 85.6 Å². The quantitative estimate of drug-likeness (QED) is 0.103. The lowest BCUT2D eigenvalue weighted by atomic mass is 9.94. The van der Waals surface area contributed by atoms with Crippen molar-refractivity contribution in [2.75, 3.05) is 6.61 Å². The highest BCUT2D eigenvalue weighted by Gasteiger charge is 2.22. The normalized spacial score (nSPS) is 12.2. The number of aromatic nitrogens is 1. The molecule has 1 heterocycles. The third kappa shape index (κ3) is 6.24. The van der Waals surface area contributed by atoms with Crippen molar-refractivity contribution in [2.24, 2.45) is 5.92 Å². The predicted molar refractivity (Wildman–Crippen MR) is 170 cm³/mol. The number of Topliss-reactive ketones (excluding diaryl/α,β-unsaturated/α-hetero) is 1. The molecule has 5 rings (SSSR count). The minimum atomic E-state index is -0.395. The van der Waals surface area contributed by atoms with E-state index in [1.807, 2.05) is 48.5 Å². The second kappa shape index (κ2) is 13.3. The van der Waals surface area contributed by atoms with Crippen LogP contribution in [-0.4, -0.2) is 28.7 Å². The molecule has 0 aliphatic carbocycles. The highest BCUT2D eigenvalue weighted by molar-refractivity contribution is 6.26. The largest absolute Gasteiger partial charge is 0.466 e. The minimum Gasteiger partial charge on any atom is -0.466 e. The number of halogens is 1. The van der Waals surface area contributed by atoms with Gasteiger partial charge in [0.25, 0.3) is 0 Å². The van der Waals surface area contributed by atoms with Gasteiger partial charge in [-0.05, 0) is 73.2 Å². The minimum absolute atomic E-state index is 0.0308. The number of unbranched alkanes of at least 4 members (excludes halogenated alkanes) is 1. The molecule has 4 aromatic carbocycles. The first-order chi connectivity index (χ1) is 20.9. The Morgan fingerprint density at radius 2 is 1.53 bits per heavy atom. The number of carbonyl (C=O) groups is 3. The molecule has 5 aromatic rings. The first-order valence-electron chi connectivity index (χ1n) is 15.3. The first-order valence-corrected chi connectivity index (χ1v) is 15.3. The summed E-state index contributed by atoms with van der Waals surface area (Å²) in [5.74, 6) is -0.622. The molecular weight excluding hydrogens is 541 g/mol. The molecule has 0 aliphatic heterocycles. The SMILES string of the molecule is CCCCC(CC)Cn1c2ccc(C(=O)CCC(=O)OCC)cc2c2cc(C(=O)c3ccc(F)cc3)c3ccccc3c21. The van der Waals surface area contributed by atoms with E-state index in [9.17, 15) is 18.8 Å². The molecule has 1 aromatic heterocycles. The van der Waals surface area contributed by atoms with Crippen LogP contribution in [0.4, 0.5) is 4.39 Å². The second-order valence-electron chi connectivity index (χ2n) is 11.2. The molecule has 0 aliphatic rings. The van der Waals surface area contributed by atoms with E-state index < -0.39 is 5.82 Å². The molecule has 0 saturated carbocycles. The molecule has 0 radical (unpaired) electrons. The third-order valence-corrected chi connectivity index (χ3v) is 8.38. The number of hydrogen-bond acceptors (Lipinski definition) is 4. The summed E-state index contributed by atoms with van der Waals surface area (Å²) in [7, 11) is 0. The van der Waals surface area contributed by atoms with Crippen molar-refractivity contribution in [3.05, 3.63) is 95.3 Å². The zero-order valence-electron chi connectivity index (χ0n) is 25.1. The van der Waals surface area contributed by atoms with E-state index in [1.165, 1.54) is 24.3 Å². The highest BCUT2D eigenvalue weighted by atomic mass is 19.1. The van der Waals surface area contributed by atoms with E-state index in [2.05, 4.69) is 18.4 Å². The lowest BCUT2D eigenvalue weighted by Gasteiger charge is -2.18. The molecule has 1 atom stereocenters. The Hall–Kier alpha value is -4.32. The average Bonchev–Trinajstić information content (AvgIpc) is 3.34. The van der Waals surface area contributed by atoms with Crippen LogP contribution >= 0.6 is 0 Å². The van der Waals surface area contributed by atoms with Gasteiger partial charge in [-0.1, -0.05) is 57.4 Å². The van der Waals surface area contributed by atoms with E-state index in [4.69, 9.17) is 4.74 Å². The Balaban J connectivity index is 1.72. The number of benzene rings is 4. The zero-order chi connectivity index (χ0) is 30.5. The Morgan fingerprint density at radius 1 is 0.814 bits per heavy atom. The Labute approximate surface area is 251 Å². The van der Waals surface area contributed by atoms with Crippen molar-refractivity contribution in [3.8, 4) is 0 Å². The van der Waals surface area contributed by atoms with Gasteiger partial charge in [0, 0.05) is 51.3 Å². The average molecular weight is 580 g/mol. The van der Waals surface area contributed by atoms with E-state index in [1.54, 1.807) is 6.92 Å². The summed E-state index contributed by atoms with van der Waals surface area (Å²) < 4.78 is 21.0. The van der Waals surface area contributed by atoms with Gasteiger partial charge in [-0.25, -0.2) is 4.39 Å². The smallest absolute Gasteiger partial charge is 0.306 e. The molecule has 43 heavy (non-hydrogen) atoms.